The Kier molecular flexibility index (Phi) is 2.99. The van der Waals surface area contributed by atoms with Crippen LogP contribution in [-0.4, -0.2) is 10.2 Å². The molecule has 1 aromatic carbocycles. The van der Waals surface area contributed by atoms with Crippen LogP contribution in [0.15, 0.2) is 35.1 Å². The van der Waals surface area contributed by atoms with Crippen LogP contribution < -0.4 is 5.32 Å². The first kappa shape index (κ1) is 11.0. The van der Waals surface area contributed by atoms with E-state index >= 15 is 0 Å². The summed E-state index contributed by atoms with van der Waals surface area (Å²) in [5, 5.41) is 10.4. The van der Waals surface area contributed by atoms with Crippen molar-refractivity contribution in [3.63, 3.8) is 0 Å². The van der Waals surface area contributed by atoms with Gasteiger partial charge < -0.3 is 5.32 Å². The minimum atomic E-state index is 0.470. The summed E-state index contributed by atoms with van der Waals surface area (Å²) in [7, 11) is 0. The Morgan fingerprint density at radius 1 is 1.47 bits per heavy atom. The van der Waals surface area contributed by atoms with E-state index in [-0.39, 0.29) is 0 Å². The standard InChI is InChI=1S/C13H14BrN3/c14-12-3-1-2-11-10(12)4-5-13(11)15-6-9-7-16-17-8-9/h1-3,7-8,13,15H,4-6H2,(H,16,17). The number of halogens is 1. The maximum Gasteiger partial charge on any atom is 0.0532 e. The van der Waals surface area contributed by atoms with Crippen LogP contribution in [0.4, 0.5) is 0 Å². The molecular formula is C13H14BrN3. The predicted octanol–water partition coefficient (Wildman–Crippen LogP) is 2.95. The van der Waals surface area contributed by atoms with E-state index in [1.165, 1.54) is 27.6 Å². The largest absolute Gasteiger partial charge is 0.306 e. The number of nitrogens with one attached hydrogen (secondary N) is 2. The molecule has 0 saturated heterocycles. The van der Waals surface area contributed by atoms with Crippen LogP contribution in [0.2, 0.25) is 0 Å². The van der Waals surface area contributed by atoms with E-state index < -0.39 is 0 Å². The number of nitrogens with zero attached hydrogens (tertiary/aromatic N) is 1. The van der Waals surface area contributed by atoms with Gasteiger partial charge in [-0.2, -0.15) is 5.10 Å². The van der Waals surface area contributed by atoms with Crippen molar-refractivity contribution in [3.05, 3.63) is 51.8 Å². The van der Waals surface area contributed by atoms with E-state index in [1.54, 1.807) is 0 Å². The first-order chi connectivity index (χ1) is 8.34. The van der Waals surface area contributed by atoms with Crippen LogP contribution in [0.1, 0.15) is 29.2 Å². The molecule has 0 amide bonds. The fraction of sp³-hybridized carbons (Fsp3) is 0.308. The molecule has 1 aromatic heterocycles. The third-order valence-electron chi connectivity index (χ3n) is 3.32. The van der Waals surface area contributed by atoms with E-state index in [0.29, 0.717) is 6.04 Å². The van der Waals surface area contributed by atoms with Crippen molar-refractivity contribution in [1.29, 1.82) is 0 Å². The molecule has 0 saturated carbocycles. The van der Waals surface area contributed by atoms with Gasteiger partial charge in [0.25, 0.3) is 0 Å². The zero-order valence-corrected chi connectivity index (χ0v) is 11.0. The number of aromatic amines is 1. The van der Waals surface area contributed by atoms with Gasteiger partial charge in [-0.25, -0.2) is 0 Å². The van der Waals surface area contributed by atoms with Crippen molar-refractivity contribution in [1.82, 2.24) is 15.5 Å². The van der Waals surface area contributed by atoms with Crippen LogP contribution >= 0.6 is 15.9 Å². The van der Waals surface area contributed by atoms with Gasteiger partial charge in [0.15, 0.2) is 0 Å². The lowest BCUT2D eigenvalue weighted by atomic mass is 10.1. The molecule has 0 spiro atoms. The highest BCUT2D eigenvalue weighted by Crippen LogP contribution is 2.35. The third kappa shape index (κ3) is 2.15. The highest BCUT2D eigenvalue weighted by atomic mass is 79.9. The molecule has 0 fully saturated rings. The number of H-pyrrole nitrogens is 1. The average Bonchev–Trinajstić information content (AvgIpc) is 2.95. The van der Waals surface area contributed by atoms with Crippen LogP contribution in [0.5, 0.6) is 0 Å². The zero-order chi connectivity index (χ0) is 11.7. The number of hydrogen-bond donors (Lipinski definition) is 2. The molecule has 0 bridgehead atoms. The summed E-state index contributed by atoms with van der Waals surface area (Å²) >= 11 is 3.62. The predicted molar refractivity (Wildman–Crippen MR) is 70.6 cm³/mol. The molecule has 1 unspecified atom stereocenters. The molecule has 1 aliphatic carbocycles. The van der Waals surface area contributed by atoms with Gasteiger partial charge in [-0.05, 0) is 30.0 Å². The number of fused-ring (bicyclic) bond motifs is 1. The van der Waals surface area contributed by atoms with Crippen molar-refractivity contribution >= 4 is 15.9 Å². The lowest BCUT2D eigenvalue weighted by Crippen LogP contribution is -2.18. The average molecular weight is 292 g/mol. The molecule has 1 heterocycles. The molecule has 1 aliphatic rings. The van der Waals surface area contributed by atoms with Crippen LogP contribution in [-0.2, 0) is 13.0 Å². The van der Waals surface area contributed by atoms with Gasteiger partial charge in [-0.1, -0.05) is 28.1 Å². The second-order valence-corrected chi connectivity index (χ2v) is 5.24. The fourth-order valence-corrected chi connectivity index (χ4v) is 3.02. The second-order valence-electron chi connectivity index (χ2n) is 4.39. The van der Waals surface area contributed by atoms with Crippen molar-refractivity contribution in [2.45, 2.75) is 25.4 Å². The zero-order valence-electron chi connectivity index (χ0n) is 9.41. The van der Waals surface area contributed by atoms with Gasteiger partial charge in [0, 0.05) is 28.8 Å². The molecule has 17 heavy (non-hydrogen) atoms. The topological polar surface area (TPSA) is 40.7 Å². The highest BCUT2D eigenvalue weighted by Gasteiger charge is 2.23. The van der Waals surface area contributed by atoms with E-state index in [4.69, 9.17) is 0 Å². The third-order valence-corrected chi connectivity index (χ3v) is 4.06. The normalized spacial score (nSPS) is 18.3. The first-order valence-electron chi connectivity index (χ1n) is 5.83. The van der Waals surface area contributed by atoms with E-state index in [9.17, 15) is 0 Å². The van der Waals surface area contributed by atoms with Gasteiger partial charge in [0.1, 0.15) is 0 Å². The number of rotatable bonds is 3. The van der Waals surface area contributed by atoms with E-state index in [2.05, 4.69) is 49.6 Å². The van der Waals surface area contributed by atoms with Crippen LogP contribution in [0.25, 0.3) is 0 Å². The van der Waals surface area contributed by atoms with Gasteiger partial charge >= 0.3 is 0 Å². The molecule has 0 aliphatic heterocycles. The number of aromatic nitrogens is 2. The summed E-state index contributed by atoms with van der Waals surface area (Å²) < 4.78 is 1.24. The Labute approximate surface area is 109 Å². The maximum absolute atomic E-state index is 3.95. The second kappa shape index (κ2) is 4.63. The Hall–Kier alpha value is -1.13. The molecule has 1 atom stereocenters. The summed E-state index contributed by atoms with van der Waals surface area (Å²) in [5.74, 6) is 0. The first-order valence-corrected chi connectivity index (χ1v) is 6.62. The van der Waals surface area contributed by atoms with Crippen molar-refractivity contribution < 1.29 is 0 Å². The quantitative estimate of drug-likeness (QED) is 0.913. The molecule has 0 radical (unpaired) electrons. The van der Waals surface area contributed by atoms with Crippen molar-refractivity contribution in [3.8, 4) is 0 Å². The minimum Gasteiger partial charge on any atom is -0.306 e. The Morgan fingerprint density at radius 2 is 2.41 bits per heavy atom. The molecular weight excluding hydrogens is 278 g/mol. The molecule has 3 nitrogen and oxygen atoms in total. The Morgan fingerprint density at radius 3 is 3.24 bits per heavy atom. The van der Waals surface area contributed by atoms with Gasteiger partial charge in [0.05, 0.1) is 6.20 Å². The monoisotopic (exact) mass is 291 g/mol. The van der Waals surface area contributed by atoms with Gasteiger partial charge in [0.2, 0.25) is 0 Å². The maximum atomic E-state index is 3.95. The summed E-state index contributed by atoms with van der Waals surface area (Å²) in [5.41, 5.74) is 4.09. The summed E-state index contributed by atoms with van der Waals surface area (Å²) in [6.45, 7) is 0.868. The fourth-order valence-electron chi connectivity index (χ4n) is 2.44. The summed E-state index contributed by atoms with van der Waals surface area (Å²) in [6.07, 6.45) is 6.13. The summed E-state index contributed by atoms with van der Waals surface area (Å²) in [4.78, 5) is 0. The smallest absolute Gasteiger partial charge is 0.0532 e. The lowest BCUT2D eigenvalue weighted by molar-refractivity contribution is 0.530. The van der Waals surface area contributed by atoms with Crippen LogP contribution in [0.3, 0.4) is 0 Å². The molecule has 88 valence electrons. The number of benzene rings is 1. The SMILES string of the molecule is Brc1cccc2c1CCC2NCc1cn[nH]c1. The lowest BCUT2D eigenvalue weighted by Gasteiger charge is -2.13. The van der Waals surface area contributed by atoms with Gasteiger partial charge in [-0.3, -0.25) is 5.10 Å². The molecule has 4 heteroatoms. The minimum absolute atomic E-state index is 0.470. The molecule has 2 N–H and O–H groups in total. The van der Waals surface area contributed by atoms with Gasteiger partial charge in [-0.15, -0.1) is 0 Å². The highest BCUT2D eigenvalue weighted by molar-refractivity contribution is 9.10. The van der Waals surface area contributed by atoms with E-state index in [1.807, 2.05) is 12.4 Å². The molecule has 2 aromatic rings. The molecule has 3 rings (SSSR count). The van der Waals surface area contributed by atoms with Crippen LogP contribution in [0, 0.1) is 0 Å². The van der Waals surface area contributed by atoms with E-state index in [0.717, 1.165) is 13.0 Å². The van der Waals surface area contributed by atoms with Crippen molar-refractivity contribution in [2.24, 2.45) is 0 Å². The summed E-state index contributed by atoms with van der Waals surface area (Å²) in [6, 6.07) is 6.93. The number of hydrogen-bond acceptors (Lipinski definition) is 2. The van der Waals surface area contributed by atoms with Crippen molar-refractivity contribution in [2.75, 3.05) is 0 Å². The Balaban J connectivity index is 1.73. The Bertz CT molecular complexity index is 507.